The predicted octanol–water partition coefficient (Wildman–Crippen LogP) is 3.13. The summed E-state index contributed by atoms with van der Waals surface area (Å²) in [7, 11) is 0. The van der Waals surface area contributed by atoms with Gasteiger partial charge in [-0.3, -0.25) is 9.59 Å². The predicted molar refractivity (Wildman–Crippen MR) is 85.4 cm³/mol. The summed E-state index contributed by atoms with van der Waals surface area (Å²) in [6.45, 7) is 4.81. The topological polar surface area (TPSA) is 52.6 Å². The molecule has 0 spiro atoms. The number of carbonyl (C=O) groups is 2. The van der Waals surface area contributed by atoms with Crippen LogP contribution >= 0.6 is 0 Å². The molecule has 3 rings (SSSR count). The summed E-state index contributed by atoms with van der Waals surface area (Å²) in [5.74, 6) is 0.946. The first kappa shape index (κ1) is 16.0. The number of carbonyl (C=O) groups excluding carboxylic acids is 2. The maximum atomic E-state index is 11.8. The number of benzene rings is 1. The minimum absolute atomic E-state index is 0.0795. The van der Waals surface area contributed by atoms with E-state index in [1.807, 2.05) is 24.3 Å². The standard InChI is InChI=1S/C19H24O4/c1-12-9-16(12)18(20)22-8-7-14-5-3-4-6-15(14)11-23-19(21)17-10-13(17)2/h3-6,12-13,16-17H,7-11H2,1-2H3/t12-,13-,16+,17-/m1/s1. The van der Waals surface area contributed by atoms with E-state index in [2.05, 4.69) is 13.8 Å². The van der Waals surface area contributed by atoms with Gasteiger partial charge in [0.15, 0.2) is 0 Å². The second-order valence-corrected chi connectivity index (χ2v) is 6.93. The van der Waals surface area contributed by atoms with E-state index in [0.29, 0.717) is 31.5 Å². The van der Waals surface area contributed by atoms with Gasteiger partial charge in [0.2, 0.25) is 0 Å². The summed E-state index contributed by atoms with van der Waals surface area (Å²) in [6.07, 6.45) is 2.54. The highest BCUT2D eigenvalue weighted by Crippen LogP contribution is 2.39. The third-order valence-corrected chi connectivity index (χ3v) is 4.93. The molecule has 1 aromatic carbocycles. The van der Waals surface area contributed by atoms with Crippen LogP contribution in [0.5, 0.6) is 0 Å². The van der Waals surface area contributed by atoms with Crippen molar-refractivity contribution in [2.24, 2.45) is 23.7 Å². The number of hydrogen-bond acceptors (Lipinski definition) is 4. The molecule has 2 aliphatic rings. The molecule has 0 radical (unpaired) electrons. The molecule has 4 heteroatoms. The molecule has 124 valence electrons. The van der Waals surface area contributed by atoms with Gasteiger partial charge in [-0.15, -0.1) is 0 Å². The van der Waals surface area contributed by atoms with Crippen LogP contribution in [0.2, 0.25) is 0 Å². The Labute approximate surface area is 137 Å². The van der Waals surface area contributed by atoms with Crippen molar-refractivity contribution in [1.82, 2.24) is 0 Å². The Morgan fingerprint density at radius 1 is 0.957 bits per heavy atom. The normalized spacial score (nSPS) is 28.1. The van der Waals surface area contributed by atoms with Crippen LogP contribution in [-0.4, -0.2) is 18.5 Å². The second-order valence-electron chi connectivity index (χ2n) is 6.93. The first-order chi connectivity index (χ1) is 11.1. The van der Waals surface area contributed by atoms with E-state index in [9.17, 15) is 9.59 Å². The highest BCUT2D eigenvalue weighted by molar-refractivity contribution is 5.76. The maximum Gasteiger partial charge on any atom is 0.309 e. The van der Waals surface area contributed by atoms with Crippen LogP contribution in [0.3, 0.4) is 0 Å². The van der Waals surface area contributed by atoms with Crippen molar-refractivity contribution in [3.05, 3.63) is 35.4 Å². The van der Waals surface area contributed by atoms with Gasteiger partial charge in [-0.2, -0.15) is 0 Å². The van der Waals surface area contributed by atoms with Gasteiger partial charge in [-0.25, -0.2) is 0 Å². The monoisotopic (exact) mass is 316 g/mol. The molecule has 2 aliphatic carbocycles. The van der Waals surface area contributed by atoms with Gasteiger partial charge in [0.05, 0.1) is 18.4 Å². The fourth-order valence-corrected chi connectivity index (χ4v) is 2.87. The summed E-state index contributed by atoms with van der Waals surface area (Å²) in [6, 6.07) is 7.85. The quantitative estimate of drug-likeness (QED) is 0.725. The first-order valence-electron chi connectivity index (χ1n) is 8.46. The summed E-state index contributed by atoms with van der Waals surface area (Å²) in [4.78, 5) is 23.6. The van der Waals surface area contributed by atoms with Gasteiger partial charge >= 0.3 is 11.9 Å². The van der Waals surface area contributed by atoms with E-state index >= 15 is 0 Å². The van der Waals surface area contributed by atoms with Crippen molar-refractivity contribution in [3.63, 3.8) is 0 Å². The molecular formula is C19H24O4. The van der Waals surface area contributed by atoms with Crippen molar-refractivity contribution in [3.8, 4) is 0 Å². The Kier molecular flexibility index (Phi) is 4.69. The molecule has 2 saturated carbocycles. The Morgan fingerprint density at radius 3 is 2.04 bits per heavy atom. The van der Waals surface area contributed by atoms with E-state index in [1.165, 1.54) is 0 Å². The average Bonchev–Trinajstić information content (AvgIpc) is 3.44. The Morgan fingerprint density at radius 2 is 1.48 bits per heavy atom. The fourth-order valence-electron chi connectivity index (χ4n) is 2.87. The lowest BCUT2D eigenvalue weighted by atomic mass is 10.1. The number of esters is 2. The lowest BCUT2D eigenvalue weighted by Crippen LogP contribution is -2.12. The second kappa shape index (κ2) is 6.73. The minimum atomic E-state index is -0.0959. The average molecular weight is 316 g/mol. The van der Waals surface area contributed by atoms with Crippen molar-refractivity contribution >= 4 is 11.9 Å². The lowest BCUT2D eigenvalue weighted by molar-refractivity contribution is -0.147. The Bertz CT molecular complexity index is 595. The van der Waals surface area contributed by atoms with Gasteiger partial charge in [-0.05, 0) is 35.8 Å². The van der Waals surface area contributed by atoms with Crippen molar-refractivity contribution < 1.29 is 19.1 Å². The SMILES string of the molecule is C[C@@H]1C[C@@H]1C(=O)OCCc1ccccc1COC(=O)[C@@H]1C[C@H]1C. The molecule has 0 saturated heterocycles. The van der Waals surface area contributed by atoms with Crippen LogP contribution in [0, 0.1) is 23.7 Å². The van der Waals surface area contributed by atoms with Crippen LogP contribution in [-0.2, 0) is 32.1 Å². The number of hydrogen-bond donors (Lipinski definition) is 0. The maximum absolute atomic E-state index is 11.8. The van der Waals surface area contributed by atoms with Gasteiger partial charge < -0.3 is 9.47 Å². The zero-order valence-electron chi connectivity index (χ0n) is 13.8. The third-order valence-electron chi connectivity index (χ3n) is 4.93. The fraction of sp³-hybridized carbons (Fsp3) is 0.579. The van der Waals surface area contributed by atoms with E-state index in [4.69, 9.17) is 9.47 Å². The van der Waals surface area contributed by atoms with Gasteiger partial charge in [-0.1, -0.05) is 38.1 Å². The van der Waals surface area contributed by atoms with Crippen molar-refractivity contribution in [1.29, 1.82) is 0 Å². The molecule has 0 amide bonds. The highest BCUT2D eigenvalue weighted by atomic mass is 16.5. The van der Waals surface area contributed by atoms with Gasteiger partial charge in [0.1, 0.15) is 6.61 Å². The third kappa shape index (κ3) is 4.12. The molecule has 4 nitrogen and oxygen atoms in total. The molecular weight excluding hydrogens is 292 g/mol. The summed E-state index contributed by atoms with van der Waals surface area (Å²) in [5, 5.41) is 0. The smallest absolute Gasteiger partial charge is 0.309 e. The highest BCUT2D eigenvalue weighted by Gasteiger charge is 2.41. The van der Waals surface area contributed by atoms with Gasteiger partial charge in [0, 0.05) is 6.42 Å². The van der Waals surface area contributed by atoms with Crippen LogP contribution in [0.15, 0.2) is 24.3 Å². The van der Waals surface area contributed by atoms with Crippen LogP contribution in [0.1, 0.15) is 37.8 Å². The Hall–Kier alpha value is -1.84. The first-order valence-corrected chi connectivity index (χ1v) is 8.46. The van der Waals surface area contributed by atoms with Crippen molar-refractivity contribution in [2.45, 2.75) is 39.7 Å². The minimum Gasteiger partial charge on any atom is -0.465 e. The molecule has 0 aromatic heterocycles. The summed E-state index contributed by atoms with van der Waals surface area (Å²) in [5.41, 5.74) is 2.06. The van der Waals surface area contributed by atoms with E-state index < -0.39 is 0 Å². The summed E-state index contributed by atoms with van der Waals surface area (Å²) >= 11 is 0. The number of rotatable bonds is 7. The number of ether oxygens (including phenoxy) is 2. The van der Waals surface area contributed by atoms with Crippen LogP contribution < -0.4 is 0 Å². The molecule has 1 aromatic rings. The molecule has 2 fully saturated rings. The largest absolute Gasteiger partial charge is 0.465 e. The van der Waals surface area contributed by atoms with E-state index in [0.717, 1.165) is 24.0 Å². The van der Waals surface area contributed by atoms with Crippen molar-refractivity contribution in [2.75, 3.05) is 6.61 Å². The zero-order chi connectivity index (χ0) is 16.4. The summed E-state index contributed by atoms with van der Waals surface area (Å²) < 4.78 is 10.7. The zero-order valence-corrected chi connectivity index (χ0v) is 13.8. The molecule has 0 N–H and O–H groups in total. The van der Waals surface area contributed by atoms with E-state index in [1.54, 1.807) is 0 Å². The van der Waals surface area contributed by atoms with E-state index in [-0.39, 0.29) is 23.8 Å². The lowest BCUT2D eigenvalue weighted by Gasteiger charge is -2.11. The molecule has 0 bridgehead atoms. The van der Waals surface area contributed by atoms with Crippen LogP contribution in [0.25, 0.3) is 0 Å². The van der Waals surface area contributed by atoms with Gasteiger partial charge in [0.25, 0.3) is 0 Å². The molecule has 0 heterocycles. The molecule has 23 heavy (non-hydrogen) atoms. The molecule has 0 aliphatic heterocycles. The van der Waals surface area contributed by atoms with Crippen LogP contribution in [0.4, 0.5) is 0 Å². The molecule has 0 unspecified atom stereocenters. The molecule has 4 atom stereocenters. The Balaban J connectivity index is 1.47.